The number of benzene rings is 2. The van der Waals surface area contributed by atoms with Gasteiger partial charge in [0.1, 0.15) is 11.7 Å². The number of carbonyl (C=O) groups is 1. The summed E-state index contributed by atoms with van der Waals surface area (Å²) in [7, 11) is 1.48. The molecule has 1 fully saturated rings. The number of rotatable bonds is 10. The van der Waals surface area contributed by atoms with Gasteiger partial charge in [-0.3, -0.25) is 4.79 Å². The second kappa shape index (κ2) is 15.3. The summed E-state index contributed by atoms with van der Waals surface area (Å²) in [5.41, 5.74) is 0.235. The first kappa shape index (κ1) is 40.4. The summed E-state index contributed by atoms with van der Waals surface area (Å²) in [5.74, 6) is -25.0. The highest BCUT2D eigenvalue weighted by molar-refractivity contribution is 7.29. The van der Waals surface area contributed by atoms with Crippen LogP contribution >= 0.6 is 45.3 Å². The molecule has 2 aliphatic rings. The van der Waals surface area contributed by atoms with Gasteiger partial charge in [-0.1, -0.05) is 6.58 Å². The highest BCUT2D eigenvalue weighted by Gasteiger charge is 2.54. The van der Waals surface area contributed by atoms with Gasteiger partial charge in [0, 0.05) is 48.2 Å². The molecular formula is C39H20F10O5S4. The van der Waals surface area contributed by atoms with Crippen LogP contribution in [0.5, 0.6) is 0 Å². The van der Waals surface area contributed by atoms with Crippen molar-refractivity contribution in [2.75, 3.05) is 33.5 Å². The Balaban J connectivity index is 1.21. The van der Waals surface area contributed by atoms with Crippen molar-refractivity contribution in [1.82, 2.24) is 0 Å². The normalized spacial score (nSPS) is 17.2. The van der Waals surface area contributed by atoms with E-state index in [0.717, 1.165) is 22.7 Å². The third-order valence-corrected chi connectivity index (χ3v) is 14.3. The lowest BCUT2D eigenvalue weighted by molar-refractivity contribution is -0.340. The molecule has 0 spiro atoms. The van der Waals surface area contributed by atoms with Crippen molar-refractivity contribution in [3.05, 3.63) is 139 Å². The predicted molar refractivity (Wildman–Crippen MR) is 196 cm³/mol. The second-order valence-corrected chi connectivity index (χ2v) is 16.7. The SMILES string of the molecule is C=C=C(c1ccc(-c2cc3c(s2)-c2sc(-c4ccc(C(=O)c5c(F)c(F)c(F)c(F)c5F)s4)cc2C2(OCCOC)OCCOC32)s1)c1c(F)c(F)c(F)c(F)c1F. The number of hydrogen-bond donors (Lipinski definition) is 0. The summed E-state index contributed by atoms with van der Waals surface area (Å²) in [4.78, 5) is 16.3. The van der Waals surface area contributed by atoms with Crippen LogP contribution in [0.4, 0.5) is 43.9 Å². The van der Waals surface area contributed by atoms with Crippen molar-refractivity contribution in [1.29, 1.82) is 0 Å². The van der Waals surface area contributed by atoms with Gasteiger partial charge in [0.15, 0.2) is 46.5 Å². The smallest absolute Gasteiger partial charge is 0.228 e. The van der Waals surface area contributed by atoms with Crippen LogP contribution in [-0.4, -0.2) is 39.3 Å². The van der Waals surface area contributed by atoms with Crippen LogP contribution in [-0.2, 0) is 24.7 Å². The van der Waals surface area contributed by atoms with Gasteiger partial charge in [-0.05, 0) is 36.4 Å². The van der Waals surface area contributed by atoms with Gasteiger partial charge < -0.3 is 18.9 Å². The molecule has 5 heterocycles. The third-order valence-electron chi connectivity index (χ3n) is 9.23. The lowest BCUT2D eigenvalue weighted by Crippen LogP contribution is -2.47. The third kappa shape index (κ3) is 6.22. The first-order chi connectivity index (χ1) is 27.7. The van der Waals surface area contributed by atoms with E-state index in [1.165, 1.54) is 48.0 Å². The zero-order chi connectivity index (χ0) is 41.4. The van der Waals surface area contributed by atoms with Crippen molar-refractivity contribution >= 4 is 56.7 Å². The summed E-state index contributed by atoms with van der Waals surface area (Å²) >= 11 is 4.24. The number of halogens is 10. The van der Waals surface area contributed by atoms with Crippen molar-refractivity contribution in [3.63, 3.8) is 0 Å². The molecule has 5 nitrogen and oxygen atoms in total. The van der Waals surface area contributed by atoms with Gasteiger partial charge in [0.25, 0.3) is 0 Å². The molecule has 0 saturated carbocycles. The van der Waals surface area contributed by atoms with Crippen molar-refractivity contribution < 1.29 is 67.6 Å². The Morgan fingerprint density at radius 3 is 1.83 bits per heavy atom. The van der Waals surface area contributed by atoms with E-state index in [0.29, 0.717) is 40.4 Å². The number of methoxy groups -OCH3 is 1. The summed E-state index contributed by atoms with van der Waals surface area (Å²) in [6.07, 6.45) is -0.862. The number of thiophene rings is 4. The summed E-state index contributed by atoms with van der Waals surface area (Å²) in [5, 5.41) is 0. The van der Waals surface area contributed by atoms with E-state index in [2.05, 4.69) is 12.3 Å². The molecule has 0 N–H and O–H groups in total. The molecule has 6 aromatic rings. The molecule has 0 radical (unpaired) electrons. The van der Waals surface area contributed by atoms with E-state index >= 15 is 0 Å². The van der Waals surface area contributed by atoms with E-state index in [9.17, 15) is 48.7 Å². The summed E-state index contributed by atoms with van der Waals surface area (Å²) < 4.78 is 167. The van der Waals surface area contributed by atoms with E-state index in [-0.39, 0.29) is 36.2 Å². The van der Waals surface area contributed by atoms with E-state index in [1.807, 2.05) is 0 Å². The molecule has 2 aromatic carbocycles. The van der Waals surface area contributed by atoms with E-state index in [4.69, 9.17) is 18.9 Å². The van der Waals surface area contributed by atoms with Crippen molar-refractivity contribution in [2.24, 2.45) is 0 Å². The van der Waals surface area contributed by atoms with Gasteiger partial charge in [0.05, 0.1) is 46.6 Å². The maximum Gasteiger partial charge on any atom is 0.228 e. The average Bonchev–Trinajstić information content (AvgIpc) is 4.06. The minimum Gasteiger partial charge on any atom is -0.382 e. The van der Waals surface area contributed by atoms with Crippen LogP contribution in [0, 0.1) is 58.2 Å². The van der Waals surface area contributed by atoms with E-state index < -0.39 is 92.5 Å². The minimum atomic E-state index is -2.39. The van der Waals surface area contributed by atoms with Crippen LogP contribution < -0.4 is 0 Å². The number of carbonyl (C=O) groups excluding carboxylic acids is 1. The largest absolute Gasteiger partial charge is 0.382 e. The maximum atomic E-state index is 14.8. The first-order valence-corrected chi connectivity index (χ1v) is 19.9. The monoisotopic (exact) mass is 886 g/mol. The fourth-order valence-corrected chi connectivity index (χ4v) is 11.3. The molecule has 0 amide bonds. The molecule has 2 unspecified atom stereocenters. The Kier molecular flexibility index (Phi) is 10.6. The molecule has 1 saturated heterocycles. The highest BCUT2D eigenvalue weighted by Crippen LogP contribution is 2.61. The van der Waals surface area contributed by atoms with Crippen LogP contribution in [0.3, 0.4) is 0 Å². The fourth-order valence-electron chi connectivity index (χ4n) is 6.62. The quantitative estimate of drug-likeness (QED) is 0.0343. The molecule has 0 bridgehead atoms. The summed E-state index contributed by atoms with van der Waals surface area (Å²) in [6.45, 7) is 3.92. The van der Waals surface area contributed by atoms with Crippen LogP contribution in [0.25, 0.3) is 34.8 Å². The van der Waals surface area contributed by atoms with Crippen LogP contribution in [0.15, 0.2) is 48.7 Å². The number of ether oxygens (including phenoxy) is 4. The first-order valence-electron chi connectivity index (χ1n) is 16.6. The van der Waals surface area contributed by atoms with Gasteiger partial charge in [-0.15, -0.1) is 51.1 Å². The Morgan fingerprint density at radius 2 is 1.22 bits per heavy atom. The van der Waals surface area contributed by atoms with Gasteiger partial charge in [-0.2, -0.15) is 0 Å². The zero-order valence-corrected chi connectivity index (χ0v) is 32.3. The molecule has 4 aromatic heterocycles. The fraction of sp³-hybridized carbons (Fsp3) is 0.179. The lowest BCUT2D eigenvalue weighted by Gasteiger charge is -2.45. The molecule has 58 heavy (non-hydrogen) atoms. The Hall–Kier alpha value is -4.43. The minimum absolute atomic E-state index is 0.0511. The second-order valence-electron chi connectivity index (χ2n) is 12.5. The molecule has 8 rings (SSSR count). The van der Waals surface area contributed by atoms with Gasteiger partial charge in [-0.25, -0.2) is 43.9 Å². The predicted octanol–water partition coefficient (Wildman–Crippen LogP) is 11.7. The molecule has 1 aliphatic carbocycles. The molecular weight excluding hydrogens is 867 g/mol. The zero-order valence-electron chi connectivity index (χ0n) is 29.0. The highest BCUT2D eigenvalue weighted by atomic mass is 32.1. The molecule has 1 aliphatic heterocycles. The molecule has 19 heteroatoms. The van der Waals surface area contributed by atoms with Gasteiger partial charge in [0.2, 0.25) is 23.2 Å². The summed E-state index contributed by atoms with van der Waals surface area (Å²) in [6, 6.07) is 9.21. The Bertz CT molecular complexity index is 2670. The van der Waals surface area contributed by atoms with Crippen LogP contribution in [0.2, 0.25) is 0 Å². The number of fused-ring (bicyclic) bond motifs is 6. The van der Waals surface area contributed by atoms with Crippen LogP contribution in [0.1, 0.15) is 42.9 Å². The lowest BCUT2D eigenvalue weighted by atomic mass is 9.87. The number of ketones is 1. The number of hydrogen-bond acceptors (Lipinski definition) is 9. The van der Waals surface area contributed by atoms with E-state index in [1.54, 1.807) is 18.2 Å². The van der Waals surface area contributed by atoms with Crippen molar-refractivity contribution in [2.45, 2.75) is 11.9 Å². The maximum absolute atomic E-state index is 14.8. The molecule has 300 valence electrons. The standard InChI is InChI=1S/C39H20F10O5S4/c1-3-14(23-25(40)29(44)33(48)30(45)26(23)41)17-4-5-18(55-17)21-12-15-36(57-21)37-16(39(53-10-8-51-2)38(15)52-9-11-54-39)13-22(58-37)19-6-7-20(56-19)35(50)24-27(42)31(46)34(49)32(47)28(24)43/h4-7,12-13,38H,1,8-11H2,2H3. The topological polar surface area (TPSA) is 54.0 Å². The van der Waals surface area contributed by atoms with Gasteiger partial charge >= 0.3 is 0 Å². The average molecular weight is 887 g/mol. The Morgan fingerprint density at radius 1 is 0.690 bits per heavy atom. The molecule has 2 atom stereocenters. The Labute approximate surface area is 336 Å². The van der Waals surface area contributed by atoms with Crippen molar-refractivity contribution in [3.8, 4) is 29.3 Å².